The molecule has 0 atom stereocenters. The average molecular weight is 1040 g/mol. The number of fused-ring (bicyclic) bond motifs is 11. The Balaban J connectivity index is 1.03. The van der Waals surface area contributed by atoms with Gasteiger partial charge in [0, 0.05) is 5.41 Å². The van der Waals surface area contributed by atoms with Crippen molar-refractivity contribution >= 4 is 79.2 Å². The van der Waals surface area contributed by atoms with Gasteiger partial charge in [0.2, 0.25) is 0 Å². The Morgan fingerprint density at radius 2 is 0.544 bits per heavy atom. The van der Waals surface area contributed by atoms with Gasteiger partial charge in [-0.2, -0.15) is 0 Å². The zero-order valence-electron chi connectivity index (χ0n) is 44.2. The van der Waals surface area contributed by atoms with Crippen LogP contribution in [0.4, 0.5) is 0 Å². The van der Waals surface area contributed by atoms with Crippen LogP contribution in [0.2, 0.25) is 0 Å². The Morgan fingerprint density at radius 1 is 0.215 bits per heavy atom. The van der Waals surface area contributed by atoms with E-state index in [0.29, 0.717) is 0 Å². The molecular weight excluding hydrogens is 981 g/mol. The molecule has 1 aliphatic carbocycles. The van der Waals surface area contributed by atoms with Crippen LogP contribution in [0, 0.1) is 0 Å². The molecule has 2 heterocycles. The molecule has 0 amide bonds. The van der Waals surface area contributed by atoms with Gasteiger partial charge in [0.25, 0.3) is 0 Å². The van der Waals surface area contributed by atoms with E-state index in [0.717, 1.165) is 0 Å². The van der Waals surface area contributed by atoms with Crippen LogP contribution in [-0.2, 0) is 5.41 Å². The van der Waals surface area contributed by atoms with Crippen LogP contribution in [0.3, 0.4) is 0 Å². The molecule has 0 N–H and O–H groups in total. The first-order valence-electron chi connectivity index (χ1n) is 27.9. The average Bonchev–Trinajstić information content (AvgIpc) is 3.79. The second kappa shape index (κ2) is 17.4. The molecule has 0 radical (unpaired) electrons. The summed E-state index contributed by atoms with van der Waals surface area (Å²) in [6.45, 7) is 4.81. The van der Waals surface area contributed by atoms with Crippen molar-refractivity contribution in [2.45, 2.75) is 19.3 Å². The van der Waals surface area contributed by atoms with E-state index in [4.69, 9.17) is 0 Å². The molecule has 370 valence electrons. The summed E-state index contributed by atoms with van der Waals surface area (Å²) in [5.74, 6) is 0. The van der Waals surface area contributed by atoms with Crippen molar-refractivity contribution in [1.29, 1.82) is 0 Å². The Hall–Kier alpha value is -9.19. The fourth-order valence-electron chi connectivity index (χ4n) is 15.3. The highest BCUT2D eigenvalue weighted by molar-refractivity contribution is 7.23. The van der Waals surface area contributed by atoms with Crippen molar-refractivity contribution in [3.8, 4) is 66.8 Å². The first kappa shape index (κ1) is 46.0. The molecule has 3 aliphatic rings. The minimum atomic E-state index is -2.77. The van der Waals surface area contributed by atoms with Gasteiger partial charge in [-0.25, -0.2) is 0 Å². The zero-order valence-corrected chi connectivity index (χ0v) is 46.2. The number of hydrogen-bond acceptors (Lipinski definition) is 0. The summed E-state index contributed by atoms with van der Waals surface area (Å²) in [7, 11) is -5.55. The van der Waals surface area contributed by atoms with E-state index in [1.54, 1.807) is 0 Å². The maximum absolute atomic E-state index is 2.77. The van der Waals surface area contributed by atoms with Gasteiger partial charge in [-0.3, -0.25) is 0 Å². The van der Waals surface area contributed by atoms with Crippen LogP contribution in [0.5, 0.6) is 0 Å². The lowest BCUT2D eigenvalue weighted by atomic mass is 9.80. The summed E-state index contributed by atoms with van der Waals surface area (Å²) in [6.07, 6.45) is 0. The van der Waals surface area contributed by atoms with E-state index in [9.17, 15) is 0 Å². The molecule has 0 spiro atoms. The van der Waals surface area contributed by atoms with E-state index in [2.05, 4.69) is 305 Å². The van der Waals surface area contributed by atoms with Crippen LogP contribution < -0.4 is 41.5 Å². The molecule has 0 bridgehead atoms. The summed E-state index contributed by atoms with van der Waals surface area (Å²) >= 11 is 0. The highest BCUT2D eigenvalue weighted by Crippen LogP contribution is 2.55. The van der Waals surface area contributed by atoms with E-state index in [1.807, 2.05) is 0 Å². The summed E-state index contributed by atoms with van der Waals surface area (Å²) in [5, 5.41) is 16.5. The van der Waals surface area contributed by atoms with Gasteiger partial charge in [0.05, 0.1) is 0 Å². The predicted octanol–water partition coefficient (Wildman–Crippen LogP) is 14.0. The third-order valence-electron chi connectivity index (χ3n) is 18.5. The second-order valence-electron chi connectivity index (χ2n) is 22.5. The molecule has 0 aromatic heterocycles. The van der Waals surface area contributed by atoms with Gasteiger partial charge in [-0.1, -0.05) is 299 Å². The number of rotatable bonds is 7. The van der Waals surface area contributed by atoms with Crippen molar-refractivity contribution in [2.75, 3.05) is 0 Å². The molecule has 2 aliphatic heterocycles. The summed E-state index contributed by atoms with van der Waals surface area (Å²) in [5.41, 5.74) is 18.3. The van der Waals surface area contributed by atoms with Crippen LogP contribution in [-0.4, -0.2) is 16.1 Å². The van der Waals surface area contributed by atoms with Crippen molar-refractivity contribution in [2.24, 2.45) is 0 Å². The largest absolute Gasteiger partial charge is 0.180 e. The van der Waals surface area contributed by atoms with Crippen LogP contribution in [0.1, 0.15) is 25.0 Å². The molecular formula is C77H54Si2. The summed E-state index contributed by atoms with van der Waals surface area (Å²) in [4.78, 5) is 0. The summed E-state index contributed by atoms with van der Waals surface area (Å²) < 4.78 is 0. The highest BCUT2D eigenvalue weighted by Gasteiger charge is 2.51. The number of benzene rings is 13. The SMILES string of the molecule is CC1(C)c2ccccc2-c2c(-c3c4cccc(-c5cccc6c5-c5ccccc5[Si]6(c5ccccc5)c5ccccc5)c4cc4c(-c5cccc6c5-c5ccccc5[Si]6(c5ccccc5)c5ccccc5)cccc34)cccc21. The minimum Gasteiger partial charge on any atom is -0.0623 e. The molecule has 0 fully saturated rings. The third-order valence-corrected chi connectivity index (χ3v) is 28.2. The summed E-state index contributed by atoms with van der Waals surface area (Å²) in [6, 6.07) is 112. The molecule has 13 aromatic carbocycles. The fraction of sp³-hybridized carbons (Fsp3) is 0.0390. The molecule has 0 saturated carbocycles. The molecule has 0 nitrogen and oxygen atoms in total. The minimum absolute atomic E-state index is 0.156. The maximum atomic E-state index is 2.58. The van der Waals surface area contributed by atoms with Crippen molar-refractivity contribution in [1.82, 2.24) is 0 Å². The van der Waals surface area contributed by atoms with Crippen molar-refractivity contribution in [3.63, 3.8) is 0 Å². The Bertz CT molecular complexity index is 4290. The molecule has 0 saturated heterocycles. The highest BCUT2D eigenvalue weighted by atomic mass is 28.3. The molecule has 79 heavy (non-hydrogen) atoms. The quantitative estimate of drug-likeness (QED) is 0.110. The van der Waals surface area contributed by atoms with Crippen LogP contribution in [0.15, 0.2) is 291 Å². The van der Waals surface area contributed by atoms with E-state index >= 15 is 0 Å². The van der Waals surface area contributed by atoms with E-state index in [-0.39, 0.29) is 5.41 Å². The second-order valence-corrected chi connectivity index (χ2v) is 29.9. The first-order chi connectivity index (χ1) is 39.0. The first-order valence-corrected chi connectivity index (χ1v) is 31.9. The zero-order chi connectivity index (χ0) is 52.5. The number of hydrogen-bond donors (Lipinski definition) is 0. The van der Waals surface area contributed by atoms with Gasteiger partial charge in [0.15, 0.2) is 16.1 Å². The molecule has 16 rings (SSSR count). The Kier molecular flexibility index (Phi) is 10.1. The Labute approximate surface area is 464 Å². The maximum Gasteiger partial charge on any atom is 0.180 e. The lowest BCUT2D eigenvalue weighted by Gasteiger charge is -2.31. The van der Waals surface area contributed by atoms with E-state index in [1.165, 1.54) is 141 Å². The molecule has 13 aromatic rings. The monoisotopic (exact) mass is 1030 g/mol. The lowest BCUT2D eigenvalue weighted by molar-refractivity contribution is 0.660. The van der Waals surface area contributed by atoms with Crippen LogP contribution >= 0.6 is 0 Å². The van der Waals surface area contributed by atoms with Crippen LogP contribution in [0.25, 0.3) is 88.3 Å². The van der Waals surface area contributed by atoms with Crippen molar-refractivity contribution < 1.29 is 0 Å². The fourth-order valence-corrected chi connectivity index (χ4v) is 25.7. The van der Waals surface area contributed by atoms with Gasteiger partial charge < -0.3 is 0 Å². The standard InChI is InChI=1S/C77H54Si2/c1-77(2)67-44-18-15-34-61(67)74-64(43-23-45-68(74)77)73-59-39-21-37-55(57-41-24-48-71-75(57)62-35-16-19-46-69(62)78(71,51-26-7-3-8-27-51)52-28-9-4-10-29-52)65(59)50-66-56(38-22-40-60(66)73)58-42-25-49-72-76(58)63-36-17-20-47-70(63)79(72,53-30-11-5-12-31-53)54-32-13-6-14-33-54/h3-50H,1-2H3. The van der Waals surface area contributed by atoms with Gasteiger partial charge in [0.1, 0.15) is 0 Å². The Morgan fingerprint density at radius 3 is 1.01 bits per heavy atom. The van der Waals surface area contributed by atoms with Gasteiger partial charge >= 0.3 is 0 Å². The van der Waals surface area contributed by atoms with Crippen molar-refractivity contribution in [3.05, 3.63) is 302 Å². The predicted molar refractivity (Wildman–Crippen MR) is 341 cm³/mol. The van der Waals surface area contributed by atoms with Gasteiger partial charge in [-0.05, 0) is 147 Å². The topological polar surface area (TPSA) is 0 Å². The van der Waals surface area contributed by atoms with E-state index < -0.39 is 16.1 Å². The smallest absolute Gasteiger partial charge is 0.0623 e. The normalized spacial score (nSPS) is 14.5. The lowest BCUT2D eigenvalue weighted by Crippen LogP contribution is -2.72. The molecule has 0 unspecified atom stereocenters. The molecule has 2 heteroatoms. The van der Waals surface area contributed by atoms with Gasteiger partial charge in [-0.15, -0.1) is 0 Å². The third kappa shape index (κ3) is 6.24.